The van der Waals surface area contributed by atoms with Gasteiger partial charge in [-0.1, -0.05) is 31.2 Å². The zero-order valence-corrected chi connectivity index (χ0v) is 16.6. The summed E-state index contributed by atoms with van der Waals surface area (Å²) < 4.78 is 27.7. The maximum absolute atomic E-state index is 12.5. The molecule has 2 aromatic rings. The van der Waals surface area contributed by atoms with E-state index in [-0.39, 0.29) is 10.7 Å². The number of hydrogen-bond acceptors (Lipinski definition) is 4. The van der Waals surface area contributed by atoms with Gasteiger partial charge in [-0.25, -0.2) is 8.42 Å². The SMILES string of the molecule is CCCN1CCC(c2ccc(NS(=O)(=O)c3ccc(C(C)=O)cc3)cc2)C1. The Kier molecular flexibility index (Phi) is 5.97. The molecule has 0 aromatic heterocycles. The number of hydrogen-bond donors (Lipinski definition) is 1. The molecule has 6 heteroatoms. The van der Waals surface area contributed by atoms with Crippen LogP contribution in [0.5, 0.6) is 0 Å². The molecule has 0 spiro atoms. The van der Waals surface area contributed by atoms with E-state index in [1.807, 2.05) is 24.3 Å². The summed E-state index contributed by atoms with van der Waals surface area (Å²) in [5.41, 5.74) is 2.28. The first-order valence-corrected chi connectivity index (χ1v) is 10.8. The Labute approximate surface area is 161 Å². The number of anilines is 1. The van der Waals surface area contributed by atoms with Crippen LogP contribution < -0.4 is 4.72 Å². The van der Waals surface area contributed by atoms with Gasteiger partial charge in [0.05, 0.1) is 4.90 Å². The van der Waals surface area contributed by atoms with Crippen LogP contribution in [0.1, 0.15) is 48.5 Å². The molecule has 1 atom stereocenters. The van der Waals surface area contributed by atoms with Gasteiger partial charge in [0.1, 0.15) is 0 Å². The van der Waals surface area contributed by atoms with Crippen LogP contribution >= 0.6 is 0 Å². The fourth-order valence-electron chi connectivity index (χ4n) is 3.53. The van der Waals surface area contributed by atoms with Gasteiger partial charge in [-0.2, -0.15) is 0 Å². The lowest BCUT2D eigenvalue weighted by atomic mass is 9.98. The van der Waals surface area contributed by atoms with Crippen molar-refractivity contribution in [2.24, 2.45) is 0 Å². The van der Waals surface area contributed by atoms with Gasteiger partial charge in [-0.15, -0.1) is 0 Å². The predicted octanol–water partition coefficient (Wildman–Crippen LogP) is 3.89. The average Bonchev–Trinajstić information content (AvgIpc) is 3.11. The largest absolute Gasteiger partial charge is 0.303 e. The zero-order valence-electron chi connectivity index (χ0n) is 15.8. The number of carbonyl (C=O) groups excluding carboxylic acids is 1. The summed E-state index contributed by atoms with van der Waals surface area (Å²) in [4.78, 5) is 13.9. The molecule has 5 nitrogen and oxygen atoms in total. The minimum absolute atomic E-state index is 0.0908. The molecule has 1 aliphatic heterocycles. The quantitative estimate of drug-likeness (QED) is 0.733. The highest BCUT2D eigenvalue weighted by Gasteiger charge is 2.23. The molecule has 0 radical (unpaired) electrons. The van der Waals surface area contributed by atoms with Gasteiger partial charge in [0, 0.05) is 17.8 Å². The molecule has 27 heavy (non-hydrogen) atoms. The van der Waals surface area contributed by atoms with Crippen LogP contribution in [0.3, 0.4) is 0 Å². The average molecular weight is 387 g/mol. The molecule has 2 aromatic carbocycles. The van der Waals surface area contributed by atoms with Crippen LogP contribution in [0.25, 0.3) is 0 Å². The number of carbonyl (C=O) groups is 1. The summed E-state index contributed by atoms with van der Waals surface area (Å²) in [7, 11) is -3.67. The number of nitrogens with one attached hydrogen (secondary N) is 1. The number of rotatable bonds is 7. The van der Waals surface area contributed by atoms with Crippen molar-refractivity contribution in [2.75, 3.05) is 24.4 Å². The monoisotopic (exact) mass is 386 g/mol. The fraction of sp³-hybridized carbons (Fsp3) is 0.381. The smallest absolute Gasteiger partial charge is 0.261 e. The van der Waals surface area contributed by atoms with Crippen molar-refractivity contribution in [2.45, 2.75) is 37.5 Å². The number of ketones is 1. The summed E-state index contributed by atoms with van der Waals surface area (Å²) in [6.07, 6.45) is 2.31. The molecule has 0 amide bonds. The van der Waals surface area contributed by atoms with Crippen molar-refractivity contribution in [3.05, 3.63) is 59.7 Å². The number of benzene rings is 2. The molecule has 1 unspecified atom stereocenters. The lowest BCUT2D eigenvalue weighted by Gasteiger charge is -2.15. The minimum Gasteiger partial charge on any atom is -0.303 e. The number of Topliss-reactive ketones (excluding diaryl/α,β-unsaturated/α-hetero) is 1. The summed E-state index contributed by atoms with van der Waals surface area (Å²) in [6.45, 7) is 6.98. The lowest BCUT2D eigenvalue weighted by molar-refractivity contribution is 0.101. The zero-order chi connectivity index (χ0) is 19.4. The van der Waals surface area contributed by atoms with Crippen molar-refractivity contribution < 1.29 is 13.2 Å². The standard InChI is InChI=1S/C21H26N2O3S/c1-3-13-23-14-12-19(15-23)18-4-8-20(9-5-18)22-27(25,26)21-10-6-17(7-11-21)16(2)24/h4-11,19,22H,3,12-15H2,1-2H3. The first kappa shape index (κ1) is 19.6. The molecule has 1 heterocycles. The van der Waals surface area contributed by atoms with Crippen LogP contribution in [0.4, 0.5) is 5.69 Å². The van der Waals surface area contributed by atoms with Crippen LogP contribution in [0.15, 0.2) is 53.4 Å². The molecule has 0 bridgehead atoms. The summed E-state index contributed by atoms with van der Waals surface area (Å²) in [5, 5.41) is 0. The molecule has 0 aliphatic carbocycles. The summed E-state index contributed by atoms with van der Waals surface area (Å²) >= 11 is 0. The van der Waals surface area contributed by atoms with Crippen molar-refractivity contribution in [3.8, 4) is 0 Å². The maximum Gasteiger partial charge on any atom is 0.261 e. The first-order valence-electron chi connectivity index (χ1n) is 9.35. The van der Waals surface area contributed by atoms with E-state index in [1.54, 1.807) is 0 Å². The minimum atomic E-state index is -3.67. The van der Waals surface area contributed by atoms with Gasteiger partial charge in [0.15, 0.2) is 5.78 Å². The first-order chi connectivity index (χ1) is 12.9. The Morgan fingerprint density at radius 1 is 1.11 bits per heavy atom. The summed E-state index contributed by atoms with van der Waals surface area (Å²) in [5.74, 6) is 0.424. The van der Waals surface area contributed by atoms with E-state index in [0.717, 1.165) is 26.1 Å². The van der Waals surface area contributed by atoms with Gasteiger partial charge >= 0.3 is 0 Å². The van der Waals surface area contributed by atoms with E-state index in [0.29, 0.717) is 17.2 Å². The fourth-order valence-corrected chi connectivity index (χ4v) is 4.59. The second-order valence-electron chi connectivity index (χ2n) is 7.09. The van der Waals surface area contributed by atoms with Gasteiger partial charge in [-0.05, 0) is 68.6 Å². The van der Waals surface area contributed by atoms with E-state index < -0.39 is 10.0 Å². The molecule has 1 N–H and O–H groups in total. The van der Waals surface area contributed by atoms with Crippen LogP contribution in [0.2, 0.25) is 0 Å². The van der Waals surface area contributed by atoms with Crippen molar-refractivity contribution in [1.82, 2.24) is 4.90 Å². The predicted molar refractivity (Wildman–Crippen MR) is 108 cm³/mol. The van der Waals surface area contributed by atoms with Crippen LogP contribution in [-0.2, 0) is 10.0 Å². The number of likely N-dealkylation sites (tertiary alicyclic amines) is 1. The Morgan fingerprint density at radius 2 is 1.78 bits per heavy atom. The Morgan fingerprint density at radius 3 is 2.37 bits per heavy atom. The third-order valence-electron chi connectivity index (χ3n) is 5.02. The third kappa shape index (κ3) is 4.76. The van der Waals surface area contributed by atoms with E-state index >= 15 is 0 Å². The number of nitrogens with zero attached hydrogens (tertiary/aromatic N) is 1. The normalized spacial score (nSPS) is 17.8. The molecule has 3 rings (SSSR count). The van der Waals surface area contributed by atoms with E-state index in [4.69, 9.17) is 0 Å². The van der Waals surface area contributed by atoms with Crippen molar-refractivity contribution in [1.29, 1.82) is 0 Å². The summed E-state index contributed by atoms with van der Waals surface area (Å²) in [6, 6.07) is 13.6. The third-order valence-corrected chi connectivity index (χ3v) is 6.41. The van der Waals surface area contributed by atoms with Crippen molar-refractivity contribution in [3.63, 3.8) is 0 Å². The van der Waals surface area contributed by atoms with Crippen LogP contribution in [0, 0.1) is 0 Å². The van der Waals surface area contributed by atoms with E-state index in [2.05, 4.69) is 16.5 Å². The molecule has 144 valence electrons. The van der Waals surface area contributed by atoms with Gasteiger partial charge in [-0.3, -0.25) is 9.52 Å². The van der Waals surface area contributed by atoms with Gasteiger partial charge in [0.25, 0.3) is 10.0 Å². The molecular weight excluding hydrogens is 360 g/mol. The highest BCUT2D eigenvalue weighted by molar-refractivity contribution is 7.92. The van der Waals surface area contributed by atoms with E-state index in [9.17, 15) is 13.2 Å². The lowest BCUT2D eigenvalue weighted by Crippen LogP contribution is -2.20. The highest BCUT2D eigenvalue weighted by Crippen LogP contribution is 2.28. The van der Waals surface area contributed by atoms with Gasteiger partial charge < -0.3 is 4.90 Å². The Balaban J connectivity index is 1.67. The molecule has 1 saturated heterocycles. The second-order valence-corrected chi connectivity index (χ2v) is 8.78. The van der Waals surface area contributed by atoms with Crippen LogP contribution in [-0.4, -0.2) is 38.7 Å². The number of sulfonamides is 1. The highest BCUT2D eigenvalue weighted by atomic mass is 32.2. The van der Waals surface area contributed by atoms with Gasteiger partial charge in [0.2, 0.25) is 0 Å². The molecule has 1 fully saturated rings. The Hall–Kier alpha value is -2.18. The van der Waals surface area contributed by atoms with E-state index in [1.165, 1.54) is 43.2 Å². The molecule has 0 saturated carbocycles. The maximum atomic E-state index is 12.5. The van der Waals surface area contributed by atoms with Crippen molar-refractivity contribution >= 4 is 21.5 Å². The Bertz CT molecular complexity index is 890. The topological polar surface area (TPSA) is 66.5 Å². The second kappa shape index (κ2) is 8.23. The molecule has 1 aliphatic rings. The molecular formula is C21H26N2O3S.